The van der Waals surface area contributed by atoms with Crippen molar-refractivity contribution in [2.45, 2.75) is 47.3 Å². The molecule has 0 aromatic heterocycles. The maximum Gasteiger partial charge on any atom is 0.395 e. The summed E-state index contributed by atoms with van der Waals surface area (Å²) in [6.45, 7) is -1.89. The van der Waals surface area contributed by atoms with Gasteiger partial charge in [0.2, 0.25) is 0 Å². The van der Waals surface area contributed by atoms with Crippen LogP contribution in [0.3, 0.4) is 0 Å². The molecule has 178 valence electrons. The minimum atomic E-state index is -6.28. The molecule has 0 aliphatic carbocycles. The van der Waals surface area contributed by atoms with E-state index in [4.69, 9.17) is 0 Å². The van der Waals surface area contributed by atoms with Gasteiger partial charge in [0.05, 0.1) is 0 Å². The van der Waals surface area contributed by atoms with Gasteiger partial charge in [-0.3, -0.25) is 9.59 Å². The van der Waals surface area contributed by atoms with Gasteiger partial charge in [-0.15, -0.1) is 0 Å². The molecular formula is C12H10Cl2F12N2O2. The van der Waals surface area contributed by atoms with Crippen molar-refractivity contribution in [3.05, 3.63) is 0 Å². The lowest BCUT2D eigenvalue weighted by molar-refractivity contribution is -0.269. The van der Waals surface area contributed by atoms with E-state index in [0.29, 0.717) is 0 Å². The molecule has 4 nitrogen and oxygen atoms in total. The molecule has 0 saturated carbocycles. The van der Waals surface area contributed by atoms with E-state index in [1.54, 1.807) is 0 Å². The van der Waals surface area contributed by atoms with Crippen LogP contribution in [-0.2, 0) is 9.59 Å². The van der Waals surface area contributed by atoms with E-state index in [1.807, 2.05) is 0 Å². The summed E-state index contributed by atoms with van der Waals surface area (Å²) in [4.78, 5) is 21.9. The van der Waals surface area contributed by atoms with Gasteiger partial charge in [-0.25, -0.2) is 0 Å². The summed E-state index contributed by atoms with van der Waals surface area (Å²) >= 11 is 7.66. The molecule has 0 radical (unpaired) electrons. The molecule has 0 bridgehead atoms. The molecule has 0 aliphatic heterocycles. The van der Waals surface area contributed by atoms with Gasteiger partial charge in [0, 0.05) is 13.1 Å². The molecule has 2 N–H and O–H groups in total. The number of carbonyl (C=O) groups excluding carboxylic acids is 2. The Morgan fingerprint density at radius 3 is 1.00 bits per heavy atom. The lowest BCUT2D eigenvalue weighted by atomic mass is 10.1. The Morgan fingerprint density at radius 1 is 0.567 bits per heavy atom. The number of amides is 2. The lowest BCUT2D eigenvalue weighted by Gasteiger charge is -2.28. The fourth-order valence-electron chi connectivity index (χ4n) is 1.52. The van der Waals surface area contributed by atoms with Crippen LogP contribution in [0.2, 0.25) is 0 Å². The number of alkyl halides is 14. The van der Waals surface area contributed by atoms with Gasteiger partial charge in [0.1, 0.15) is 0 Å². The monoisotopic (exact) mass is 512 g/mol. The fourth-order valence-corrected chi connectivity index (χ4v) is 1.75. The summed E-state index contributed by atoms with van der Waals surface area (Å²) in [5.41, 5.74) is 0. The highest BCUT2D eigenvalue weighted by molar-refractivity contribution is 6.23. The van der Waals surface area contributed by atoms with Crippen LogP contribution in [0.25, 0.3) is 0 Å². The first kappa shape index (κ1) is 28.7. The Labute approximate surface area is 169 Å². The molecule has 30 heavy (non-hydrogen) atoms. The largest absolute Gasteiger partial charge is 0.395 e. The first-order valence-electron chi connectivity index (χ1n) is 7.26. The second kappa shape index (κ2) is 9.04. The molecule has 0 aliphatic rings. The van der Waals surface area contributed by atoms with Gasteiger partial charge in [0.15, 0.2) is 0 Å². The standard InChI is InChI=1S/C12H10Cl2F12N2O2/c13-11(23,24)9(19,20)7(15,16)5(29)27-3-1-2-4-28-6(30)8(17,18)10(21,22)12(14,25)26/h1-4H2,(H,27,29)(H,28,30). The highest BCUT2D eigenvalue weighted by atomic mass is 35.5. The summed E-state index contributed by atoms with van der Waals surface area (Å²) in [7, 11) is 0. The van der Waals surface area contributed by atoms with Gasteiger partial charge in [0.25, 0.3) is 11.8 Å². The van der Waals surface area contributed by atoms with Crippen LogP contribution in [0.1, 0.15) is 12.8 Å². The third-order valence-electron chi connectivity index (χ3n) is 3.25. The van der Waals surface area contributed by atoms with Crippen LogP contribution in [0.15, 0.2) is 0 Å². The van der Waals surface area contributed by atoms with E-state index < -0.39 is 72.2 Å². The summed E-state index contributed by atoms with van der Waals surface area (Å²) < 4.78 is 153. The van der Waals surface area contributed by atoms with E-state index >= 15 is 0 Å². The smallest absolute Gasteiger partial charge is 0.351 e. The average molecular weight is 513 g/mol. The normalized spacial score (nSPS) is 14.5. The lowest BCUT2D eigenvalue weighted by Crippen LogP contribution is -2.59. The summed E-state index contributed by atoms with van der Waals surface area (Å²) in [6.07, 6.45) is -1.11. The highest BCUT2D eigenvalue weighted by Crippen LogP contribution is 2.48. The van der Waals surface area contributed by atoms with Crippen molar-refractivity contribution < 1.29 is 62.3 Å². The first-order chi connectivity index (χ1) is 13.0. The number of halogens is 14. The van der Waals surface area contributed by atoms with E-state index in [2.05, 4.69) is 23.2 Å². The van der Waals surface area contributed by atoms with Crippen LogP contribution in [-0.4, -0.2) is 59.4 Å². The van der Waals surface area contributed by atoms with Gasteiger partial charge >= 0.3 is 34.5 Å². The first-order valence-corrected chi connectivity index (χ1v) is 8.02. The topological polar surface area (TPSA) is 58.2 Å². The Hall–Kier alpha value is -1.32. The van der Waals surface area contributed by atoms with E-state index in [9.17, 15) is 62.3 Å². The summed E-state index contributed by atoms with van der Waals surface area (Å²) in [6, 6.07) is 0. The SMILES string of the molecule is O=C(NCCCCNC(=O)C(F)(F)C(F)(F)C(F)(F)Cl)C(F)(F)C(F)(F)C(F)(F)Cl. The van der Waals surface area contributed by atoms with Crippen LogP contribution >= 0.6 is 23.2 Å². The fraction of sp³-hybridized carbons (Fsp3) is 0.833. The zero-order chi connectivity index (χ0) is 24.4. The van der Waals surface area contributed by atoms with E-state index in [-0.39, 0.29) is 0 Å². The molecule has 0 fully saturated rings. The zero-order valence-corrected chi connectivity index (χ0v) is 15.4. The maximum absolute atomic E-state index is 13.1. The number of unbranched alkanes of at least 4 members (excludes halogenated alkanes) is 1. The van der Waals surface area contributed by atoms with Crippen molar-refractivity contribution in [1.82, 2.24) is 10.6 Å². The van der Waals surface area contributed by atoms with Crippen LogP contribution in [0, 0.1) is 0 Å². The minimum Gasteiger partial charge on any atom is -0.351 e. The quantitative estimate of drug-likeness (QED) is 0.247. The van der Waals surface area contributed by atoms with Gasteiger partial charge in [-0.1, -0.05) is 0 Å². The van der Waals surface area contributed by atoms with Crippen molar-refractivity contribution in [2.24, 2.45) is 0 Å². The van der Waals surface area contributed by atoms with E-state index in [0.717, 1.165) is 10.6 Å². The third kappa shape index (κ3) is 5.68. The highest BCUT2D eigenvalue weighted by Gasteiger charge is 2.75. The predicted molar refractivity (Wildman–Crippen MR) is 76.6 cm³/mol. The molecule has 0 saturated heterocycles. The number of carbonyl (C=O) groups is 2. The van der Waals surface area contributed by atoms with Gasteiger partial charge in [-0.05, 0) is 36.0 Å². The maximum atomic E-state index is 13.1. The molecular weight excluding hydrogens is 503 g/mol. The molecule has 0 unspecified atom stereocenters. The third-order valence-corrected chi connectivity index (χ3v) is 3.72. The van der Waals surface area contributed by atoms with Crippen molar-refractivity contribution in [2.75, 3.05) is 13.1 Å². The number of hydrogen-bond donors (Lipinski definition) is 2. The Bertz CT molecular complexity index is 580. The minimum absolute atomic E-state index is 0.557. The molecule has 2 amide bonds. The Morgan fingerprint density at radius 2 is 0.800 bits per heavy atom. The Balaban J connectivity index is 4.60. The van der Waals surface area contributed by atoms with E-state index in [1.165, 1.54) is 0 Å². The zero-order valence-electron chi connectivity index (χ0n) is 13.9. The van der Waals surface area contributed by atoms with Crippen molar-refractivity contribution >= 4 is 35.0 Å². The second-order valence-corrected chi connectivity index (χ2v) is 6.46. The van der Waals surface area contributed by atoms with Gasteiger partial charge in [-0.2, -0.15) is 52.7 Å². The van der Waals surface area contributed by atoms with Crippen molar-refractivity contribution in [3.63, 3.8) is 0 Å². The molecule has 18 heteroatoms. The van der Waals surface area contributed by atoms with Crippen molar-refractivity contribution in [1.29, 1.82) is 0 Å². The Kier molecular flexibility index (Phi) is 8.64. The number of nitrogens with one attached hydrogen (secondary N) is 2. The second-order valence-electron chi connectivity index (χ2n) is 5.51. The molecule has 0 aromatic carbocycles. The summed E-state index contributed by atoms with van der Waals surface area (Å²) in [5.74, 6) is -30.2. The summed E-state index contributed by atoms with van der Waals surface area (Å²) in [5, 5.41) is -9.36. The van der Waals surface area contributed by atoms with Crippen LogP contribution in [0.4, 0.5) is 52.7 Å². The molecule has 0 atom stereocenters. The number of hydrogen-bond acceptors (Lipinski definition) is 2. The number of rotatable bonds is 11. The predicted octanol–water partition coefficient (Wildman–Crippen LogP) is 4.20. The molecule has 0 aromatic rings. The molecule has 0 spiro atoms. The van der Waals surface area contributed by atoms with Crippen LogP contribution < -0.4 is 10.6 Å². The molecule has 0 rings (SSSR count). The average Bonchev–Trinajstić information content (AvgIpc) is 2.54. The van der Waals surface area contributed by atoms with Crippen molar-refractivity contribution in [3.8, 4) is 0 Å². The van der Waals surface area contributed by atoms with Gasteiger partial charge < -0.3 is 10.6 Å². The van der Waals surface area contributed by atoms with Crippen LogP contribution in [0.5, 0.6) is 0 Å². The molecule has 0 heterocycles.